The van der Waals surface area contributed by atoms with Gasteiger partial charge in [0, 0.05) is 7.11 Å². The highest BCUT2D eigenvalue weighted by molar-refractivity contribution is 14.1. The van der Waals surface area contributed by atoms with Crippen molar-refractivity contribution >= 4 is 35.9 Å². The molecule has 0 amide bonds. The molecule has 0 bridgehead atoms. The maximum atomic E-state index is 5.57. The minimum absolute atomic E-state index is 0.309. The van der Waals surface area contributed by atoms with Crippen molar-refractivity contribution in [2.24, 2.45) is 0 Å². The Balaban J connectivity index is 3.08. The molecule has 1 aromatic rings. The molecular weight excluding hydrogens is 331 g/mol. The second-order valence-corrected chi connectivity index (χ2v) is 11.1. The van der Waals surface area contributed by atoms with E-state index in [1.54, 1.807) is 7.11 Å². The van der Waals surface area contributed by atoms with Crippen LogP contribution in [-0.4, -0.2) is 22.0 Å². The van der Waals surface area contributed by atoms with Crippen molar-refractivity contribution in [3.63, 3.8) is 0 Å². The van der Waals surface area contributed by atoms with Crippen LogP contribution in [0, 0.1) is 10.5 Å². The van der Waals surface area contributed by atoms with Crippen LogP contribution >= 0.6 is 22.6 Å². The van der Waals surface area contributed by atoms with Crippen molar-refractivity contribution in [2.75, 3.05) is 13.9 Å². The monoisotopic (exact) mass is 350 g/mol. The van der Waals surface area contributed by atoms with Gasteiger partial charge in [-0.2, -0.15) is 0 Å². The smallest absolute Gasteiger partial charge is 0.188 e. The van der Waals surface area contributed by atoms with Crippen molar-refractivity contribution in [3.05, 3.63) is 21.3 Å². The summed E-state index contributed by atoms with van der Waals surface area (Å²) in [6, 6.07) is 4.49. The molecule has 1 rings (SSSR count). The molecule has 0 unspecified atom stereocenters. The molecule has 90 valence electrons. The molecule has 16 heavy (non-hydrogen) atoms. The van der Waals surface area contributed by atoms with Crippen LogP contribution in [0.15, 0.2) is 12.1 Å². The van der Waals surface area contributed by atoms with E-state index in [1.807, 2.05) is 0 Å². The lowest BCUT2D eigenvalue weighted by Crippen LogP contribution is -2.38. The van der Waals surface area contributed by atoms with Gasteiger partial charge in [0.15, 0.2) is 6.79 Å². The summed E-state index contributed by atoms with van der Waals surface area (Å²) in [5.74, 6) is 0.949. The van der Waals surface area contributed by atoms with Gasteiger partial charge in [0.2, 0.25) is 0 Å². The van der Waals surface area contributed by atoms with Gasteiger partial charge in [0.05, 0.1) is 11.6 Å². The first-order valence-corrected chi connectivity index (χ1v) is 9.86. The Labute approximate surface area is 112 Å². The summed E-state index contributed by atoms with van der Waals surface area (Å²) in [4.78, 5) is 0. The standard InChI is InChI=1S/C12H19IO2Si/c1-9-6-10(16(3,4)5)7-11(13)12(9)15-8-14-2/h6-7H,8H2,1-5H3. The molecule has 0 aliphatic rings. The molecule has 0 aliphatic carbocycles. The Morgan fingerprint density at radius 1 is 1.25 bits per heavy atom. The molecule has 0 spiro atoms. The van der Waals surface area contributed by atoms with E-state index in [4.69, 9.17) is 9.47 Å². The molecule has 2 nitrogen and oxygen atoms in total. The van der Waals surface area contributed by atoms with Gasteiger partial charge in [-0.1, -0.05) is 30.9 Å². The first kappa shape index (κ1) is 14.0. The van der Waals surface area contributed by atoms with E-state index in [2.05, 4.69) is 61.3 Å². The summed E-state index contributed by atoms with van der Waals surface area (Å²) in [7, 11) is 0.396. The van der Waals surface area contributed by atoms with Crippen LogP contribution in [0.2, 0.25) is 19.6 Å². The lowest BCUT2D eigenvalue weighted by atomic mass is 10.2. The van der Waals surface area contributed by atoms with Gasteiger partial charge in [-0.15, -0.1) is 0 Å². The number of methoxy groups -OCH3 is 1. The highest BCUT2D eigenvalue weighted by atomic mass is 127. The number of hydrogen-bond acceptors (Lipinski definition) is 2. The van der Waals surface area contributed by atoms with Crippen molar-refractivity contribution in [1.29, 1.82) is 0 Å². The fourth-order valence-electron chi connectivity index (χ4n) is 1.46. The molecule has 1 aromatic carbocycles. The Morgan fingerprint density at radius 3 is 2.31 bits per heavy atom. The van der Waals surface area contributed by atoms with Crippen LogP contribution in [0.3, 0.4) is 0 Å². The van der Waals surface area contributed by atoms with E-state index < -0.39 is 8.07 Å². The van der Waals surface area contributed by atoms with Crippen molar-refractivity contribution < 1.29 is 9.47 Å². The van der Waals surface area contributed by atoms with Crippen LogP contribution in [0.5, 0.6) is 5.75 Å². The van der Waals surface area contributed by atoms with Gasteiger partial charge in [-0.25, -0.2) is 0 Å². The van der Waals surface area contributed by atoms with Crippen molar-refractivity contribution in [1.82, 2.24) is 0 Å². The topological polar surface area (TPSA) is 18.5 Å². The minimum Gasteiger partial charge on any atom is -0.466 e. The highest BCUT2D eigenvalue weighted by Gasteiger charge is 2.19. The lowest BCUT2D eigenvalue weighted by molar-refractivity contribution is 0.0500. The summed E-state index contributed by atoms with van der Waals surface area (Å²) < 4.78 is 11.7. The first-order valence-electron chi connectivity index (χ1n) is 5.28. The van der Waals surface area contributed by atoms with Crippen LogP contribution in [0.25, 0.3) is 0 Å². The number of aryl methyl sites for hydroxylation is 1. The quantitative estimate of drug-likeness (QED) is 0.472. The van der Waals surface area contributed by atoms with Gasteiger partial charge in [-0.05, 0) is 41.1 Å². The van der Waals surface area contributed by atoms with Crippen LogP contribution in [0.1, 0.15) is 5.56 Å². The molecule has 0 heterocycles. The SMILES string of the molecule is COCOc1c(C)cc([Si](C)(C)C)cc1I. The summed E-state index contributed by atoms with van der Waals surface area (Å²) in [5, 5.41) is 1.47. The van der Waals surface area contributed by atoms with Crippen molar-refractivity contribution in [2.45, 2.75) is 26.6 Å². The molecule has 0 radical (unpaired) electrons. The van der Waals surface area contributed by atoms with E-state index in [1.165, 1.54) is 14.3 Å². The van der Waals surface area contributed by atoms with Gasteiger partial charge in [0.25, 0.3) is 0 Å². The van der Waals surface area contributed by atoms with Gasteiger partial charge >= 0.3 is 0 Å². The zero-order valence-electron chi connectivity index (χ0n) is 10.6. The van der Waals surface area contributed by atoms with E-state index in [0.29, 0.717) is 6.79 Å². The maximum Gasteiger partial charge on any atom is 0.188 e. The third-order valence-electron chi connectivity index (χ3n) is 2.42. The second-order valence-electron chi connectivity index (χ2n) is 4.90. The van der Waals surface area contributed by atoms with E-state index >= 15 is 0 Å². The molecule has 0 N–H and O–H groups in total. The highest BCUT2D eigenvalue weighted by Crippen LogP contribution is 2.25. The predicted molar refractivity (Wildman–Crippen MR) is 79.4 cm³/mol. The molecule has 0 saturated heterocycles. The molecule has 0 fully saturated rings. The number of halogens is 1. The average Bonchev–Trinajstić information content (AvgIpc) is 2.15. The predicted octanol–water partition coefficient (Wildman–Crippen LogP) is 3.13. The van der Waals surface area contributed by atoms with Crippen molar-refractivity contribution in [3.8, 4) is 5.75 Å². The third kappa shape index (κ3) is 3.46. The largest absolute Gasteiger partial charge is 0.466 e. The molecule has 0 aromatic heterocycles. The maximum absolute atomic E-state index is 5.57. The lowest BCUT2D eigenvalue weighted by Gasteiger charge is -2.20. The van der Waals surface area contributed by atoms with E-state index in [-0.39, 0.29) is 0 Å². The fraction of sp³-hybridized carbons (Fsp3) is 0.500. The third-order valence-corrected chi connectivity index (χ3v) is 5.24. The Kier molecular flexibility index (Phi) is 4.82. The summed E-state index contributed by atoms with van der Waals surface area (Å²) in [5.41, 5.74) is 1.20. The van der Waals surface area contributed by atoms with Gasteiger partial charge < -0.3 is 9.47 Å². The number of hydrogen-bond donors (Lipinski definition) is 0. The minimum atomic E-state index is -1.24. The number of rotatable bonds is 4. The number of ether oxygens (including phenoxy) is 2. The second kappa shape index (κ2) is 5.51. The zero-order chi connectivity index (χ0) is 12.3. The van der Waals surface area contributed by atoms with E-state index in [9.17, 15) is 0 Å². The Hall–Kier alpha value is -0.0731. The summed E-state index contributed by atoms with van der Waals surface area (Å²) >= 11 is 2.33. The van der Waals surface area contributed by atoms with Gasteiger partial charge in [-0.3, -0.25) is 0 Å². The zero-order valence-corrected chi connectivity index (χ0v) is 13.7. The fourth-order valence-corrected chi connectivity index (χ4v) is 3.90. The molecule has 0 atom stereocenters. The number of benzene rings is 1. The summed E-state index contributed by atoms with van der Waals surface area (Å²) in [6.07, 6.45) is 0. The molecule has 4 heteroatoms. The average molecular weight is 350 g/mol. The normalized spacial score (nSPS) is 11.6. The van der Waals surface area contributed by atoms with Crippen LogP contribution in [-0.2, 0) is 4.74 Å². The Morgan fingerprint density at radius 2 is 1.88 bits per heavy atom. The van der Waals surface area contributed by atoms with Crippen LogP contribution < -0.4 is 9.92 Å². The summed E-state index contributed by atoms with van der Waals surface area (Å²) in [6.45, 7) is 9.47. The first-order chi connectivity index (χ1) is 7.36. The van der Waals surface area contributed by atoms with E-state index in [0.717, 1.165) is 5.75 Å². The Bertz CT molecular complexity index is 349. The molecular formula is C12H19IO2Si. The molecule has 0 saturated carbocycles. The van der Waals surface area contributed by atoms with Gasteiger partial charge in [0.1, 0.15) is 5.75 Å². The molecule has 0 aliphatic heterocycles. The van der Waals surface area contributed by atoms with Crippen LogP contribution in [0.4, 0.5) is 0 Å².